The maximum Gasteiger partial charge on any atom is 0.128 e. The van der Waals surface area contributed by atoms with E-state index in [1.54, 1.807) is 6.20 Å². The van der Waals surface area contributed by atoms with Crippen LogP contribution in [0.5, 0.6) is 5.75 Å². The maximum absolute atomic E-state index is 5.93. The summed E-state index contributed by atoms with van der Waals surface area (Å²) in [5.41, 5.74) is 7.42. The second-order valence-electron chi connectivity index (χ2n) is 5.18. The van der Waals surface area contributed by atoms with Gasteiger partial charge in [-0.25, -0.2) is 0 Å². The summed E-state index contributed by atoms with van der Waals surface area (Å²) in [4.78, 5) is 4.31. The van der Waals surface area contributed by atoms with Gasteiger partial charge in [0.1, 0.15) is 5.75 Å². The van der Waals surface area contributed by atoms with E-state index in [-0.39, 0.29) is 0 Å². The molecule has 1 aromatic heterocycles. The Morgan fingerprint density at radius 2 is 2.30 bits per heavy atom. The van der Waals surface area contributed by atoms with Crippen LogP contribution < -0.4 is 10.5 Å². The van der Waals surface area contributed by atoms with Crippen LogP contribution in [0, 0.1) is 0 Å². The Kier molecular flexibility index (Phi) is 4.02. The molecule has 1 aromatic carbocycles. The van der Waals surface area contributed by atoms with Gasteiger partial charge >= 0.3 is 0 Å². The molecule has 1 aliphatic rings. The monoisotopic (exact) mass is 272 g/mol. The number of ether oxygens (including phenoxy) is 2. The lowest BCUT2D eigenvalue weighted by Gasteiger charge is -2.12. The second-order valence-corrected chi connectivity index (χ2v) is 5.18. The fourth-order valence-electron chi connectivity index (χ4n) is 2.66. The summed E-state index contributed by atoms with van der Waals surface area (Å²) in [6.45, 7) is 1.62. The maximum atomic E-state index is 5.93. The van der Waals surface area contributed by atoms with Gasteiger partial charge in [-0.3, -0.25) is 4.98 Å². The van der Waals surface area contributed by atoms with Gasteiger partial charge in [0.05, 0.1) is 23.9 Å². The van der Waals surface area contributed by atoms with Crippen molar-refractivity contribution < 1.29 is 9.47 Å². The molecule has 0 aliphatic carbocycles. The Balaban J connectivity index is 1.61. The van der Waals surface area contributed by atoms with E-state index >= 15 is 0 Å². The zero-order valence-corrected chi connectivity index (χ0v) is 11.5. The summed E-state index contributed by atoms with van der Waals surface area (Å²) in [5, 5.41) is 0.976. The van der Waals surface area contributed by atoms with Crippen molar-refractivity contribution >= 4 is 16.6 Å². The molecule has 2 aromatic rings. The van der Waals surface area contributed by atoms with Crippen LogP contribution in [0.25, 0.3) is 10.9 Å². The lowest BCUT2D eigenvalue weighted by molar-refractivity contribution is 0.0982. The fraction of sp³-hybridized carbons (Fsp3) is 0.438. The van der Waals surface area contributed by atoms with Crippen LogP contribution in [-0.2, 0) is 4.74 Å². The van der Waals surface area contributed by atoms with E-state index in [9.17, 15) is 0 Å². The molecule has 0 spiro atoms. The lowest BCUT2D eigenvalue weighted by Crippen LogP contribution is -2.07. The molecule has 3 rings (SSSR count). The molecule has 1 fully saturated rings. The Morgan fingerprint density at radius 3 is 3.15 bits per heavy atom. The Morgan fingerprint density at radius 1 is 1.35 bits per heavy atom. The van der Waals surface area contributed by atoms with Gasteiger partial charge in [-0.2, -0.15) is 0 Å². The van der Waals surface area contributed by atoms with Gasteiger partial charge in [-0.05, 0) is 49.9 Å². The fourth-order valence-corrected chi connectivity index (χ4v) is 2.66. The van der Waals surface area contributed by atoms with Gasteiger partial charge in [0.2, 0.25) is 0 Å². The molecule has 106 valence electrons. The molecule has 0 bridgehead atoms. The third-order valence-electron chi connectivity index (χ3n) is 3.71. The lowest BCUT2D eigenvalue weighted by atomic mass is 10.1. The molecule has 4 heteroatoms. The molecule has 1 saturated heterocycles. The molecule has 2 N–H and O–H groups in total. The van der Waals surface area contributed by atoms with Crippen LogP contribution in [0.1, 0.15) is 25.7 Å². The highest BCUT2D eigenvalue weighted by Gasteiger charge is 2.14. The molecular weight excluding hydrogens is 252 g/mol. The Hall–Kier alpha value is -1.81. The molecule has 2 heterocycles. The Bertz CT molecular complexity index is 580. The first-order chi connectivity index (χ1) is 9.84. The Labute approximate surface area is 118 Å². The number of aromatic nitrogens is 1. The van der Waals surface area contributed by atoms with E-state index in [2.05, 4.69) is 4.98 Å². The topological polar surface area (TPSA) is 57.4 Å². The van der Waals surface area contributed by atoms with Crippen molar-refractivity contribution in [3.05, 3.63) is 30.5 Å². The molecule has 1 atom stereocenters. The average Bonchev–Trinajstić information content (AvgIpc) is 2.99. The zero-order chi connectivity index (χ0) is 13.8. The summed E-state index contributed by atoms with van der Waals surface area (Å²) < 4.78 is 11.5. The number of hydrogen-bond acceptors (Lipinski definition) is 4. The van der Waals surface area contributed by atoms with Crippen molar-refractivity contribution in [2.45, 2.75) is 31.8 Å². The SMILES string of the molecule is Nc1ccc(OCCCC2CCCO2)c2cccnc12. The summed E-state index contributed by atoms with van der Waals surface area (Å²) in [5.74, 6) is 0.856. The summed E-state index contributed by atoms with van der Waals surface area (Å²) in [7, 11) is 0. The van der Waals surface area contributed by atoms with Gasteiger partial charge in [0, 0.05) is 18.2 Å². The molecule has 1 unspecified atom stereocenters. The highest BCUT2D eigenvalue weighted by molar-refractivity contribution is 5.93. The number of benzene rings is 1. The number of pyridine rings is 1. The number of hydrogen-bond donors (Lipinski definition) is 1. The minimum atomic E-state index is 0.434. The van der Waals surface area contributed by atoms with Crippen molar-refractivity contribution in [1.29, 1.82) is 0 Å². The molecule has 1 aliphatic heterocycles. The van der Waals surface area contributed by atoms with Gasteiger partial charge in [-0.1, -0.05) is 0 Å². The zero-order valence-electron chi connectivity index (χ0n) is 11.5. The third kappa shape index (κ3) is 2.85. The molecule has 4 nitrogen and oxygen atoms in total. The van der Waals surface area contributed by atoms with E-state index in [0.717, 1.165) is 36.1 Å². The van der Waals surface area contributed by atoms with Crippen LogP contribution in [0.4, 0.5) is 5.69 Å². The van der Waals surface area contributed by atoms with Gasteiger partial charge in [0.15, 0.2) is 0 Å². The summed E-state index contributed by atoms with van der Waals surface area (Å²) >= 11 is 0. The predicted octanol–water partition coefficient (Wildman–Crippen LogP) is 3.16. The first kappa shape index (κ1) is 13.2. The van der Waals surface area contributed by atoms with Crippen LogP contribution in [-0.4, -0.2) is 24.3 Å². The number of nitrogen functional groups attached to an aromatic ring is 1. The molecule has 20 heavy (non-hydrogen) atoms. The van der Waals surface area contributed by atoms with Gasteiger partial charge in [0.25, 0.3) is 0 Å². The van der Waals surface area contributed by atoms with E-state index in [1.165, 1.54) is 12.8 Å². The minimum Gasteiger partial charge on any atom is -0.493 e. The third-order valence-corrected chi connectivity index (χ3v) is 3.71. The van der Waals surface area contributed by atoms with E-state index in [1.807, 2.05) is 24.3 Å². The summed E-state index contributed by atoms with van der Waals surface area (Å²) in [6.07, 6.45) is 6.65. The predicted molar refractivity (Wildman–Crippen MR) is 79.9 cm³/mol. The van der Waals surface area contributed by atoms with Crippen LogP contribution in [0.15, 0.2) is 30.5 Å². The van der Waals surface area contributed by atoms with Gasteiger partial charge in [-0.15, -0.1) is 0 Å². The van der Waals surface area contributed by atoms with Crippen molar-refractivity contribution in [2.24, 2.45) is 0 Å². The largest absolute Gasteiger partial charge is 0.493 e. The first-order valence-electron chi connectivity index (χ1n) is 7.22. The van der Waals surface area contributed by atoms with Crippen molar-refractivity contribution in [3.63, 3.8) is 0 Å². The highest BCUT2D eigenvalue weighted by atomic mass is 16.5. The quantitative estimate of drug-likeness (QED) is 0.671. The first-order valence-corrected chi connectivity index (χ1v) is 7.22. The second kappa shape index (κ2) is 6.09. The number of rotatable bonds is 5. The van der Waals surface area contributed by atoms with Crippen molar-refractivity contribution in [2.75, 3.05) is 18.9 Å². The smallest absolute Gasteiger partial charge is 0.128 e. The van der Waals surface area contributed by atoms with Crippen molar-refractivity contribution in [3.8, 4) is 5.75 Å². The minimum absolute atomic E-state index is 0.434. The van der Waals surface area contributed by atoms with Crippen LogP contribution >= 0.6 is 0 Å². The number of fused-ring (bicyclic) bond motifs is 1. The number of nitrogens with two attached hydrogens (primary N) is 1. The van der Waals surface area contributed by atoms with E-state index in [4.69, 9.17) is 15.2 Å². The summed E-state index contributed by atoms with van der Waals surface area (Å²) in [6, 6.07) is 7.67. The van der Waals surface area contributed by atoms with Crippen LogP contribution in [0.2, 0.25) is 0 Å². The molecule has 0 amide bonds. The molecule has 0 saturated carbocycles. The van der Waals surface area contributed by atoms with E-state index < -0.39 is 0 Å². The highest BCUT2D eigenvalue weighted by Crippen LogP contribution is 2.28. The molecule has 0 radical (unpaired) electrons. The normalized spacial score (nSPS) is 18.5. The number of anilines is 1. The van der Waals surface area contributed by atoms with Crippen LogP contribution in [0.3, 0.4) is 0 Å². The number of nitrogens with zero attached hydrogens (tertiary/aromatic N) is 1. The van der Waals surface area contributed by atoms with Crippen molar-refractivity contribution in [1.82, 2.24) is 4.98 Å². The average molecular weight is 272 g/mol. The standard InChI is InChI=1S/C16H20N2O2/c17-14-7-8-15(13-6-1-9-18-16(13)14)20-11-3-5-12-4-2-10-19-12/h1,6-9,12H,2-5,10-11,17H2. The van der Waals surface area contributed by atoms with E-state index in [0.29, 0.717) is 18.4 Å². The molecular formula is C16H20N2O2. The van der Waals surface area contributed by atoms with Gasteiger partial charge < -0.3 is 15.2 Å².